The van der Waals surface area contributed by atoms with Gasteiger partial charge in [0.2, 0.25) is 0 Å². The second-order valence-electron chi connectivity index (χ2n) is 7.43. The lowest BCUT2D eigenvalue weighted by Crippen LogP contribution is -2.59. The van der Waals surface area contributed by atoms with Crippen molar-refractivity contribution in [2.24, 2.45) is 0 Å². The summed E-state index contributed by atoms with van der Waals surface area (Å²) in [6, 6.07) is 10.5. The number of hydrogen-bond donors (Lipinski definition) is 4. The minimum atomic E-state index is -3.82. The van der Waals surface area contributed by atoms with Gasteiger partial charge in [0.1, 0.15) is 35.9 Å². The van der Waals surface area contributed by atoms with Crippen molar-refractivity contribution in [3.8, 4) is 11.5 Å². The van der Waals surface area contributed by atoms with Crippen molar-refractivity contribution in [3.05, 3.63) is 58.7 Å². The monoisotopic (exact) mass is 424 g/mol. The van der Waals surface area contributed by atoms with E-state index < -0.39 is 36.9 Å². The number of alkyl halides is 2. The van der Waals surface area contributed by atoms with Crippen LogP contribution in [0.3, 0.4) is 0 Å². The topological polar surface area (TPSA) is 99.4 Å². The first-order valence-corrected chi connectivity index (χ1v) is 9.73. The Balaban J connectivity index is 1.91. The molecule has 0 unspecified atom stereocenters. The average Bonchev–Trinajstić information content (AvgIpc) is 2.71. The highest BCUT2D eigenvalue weighted by Gasteiger charge is 2.57. The number of aliphatic hydroxyl groups is 3. The smallest absolute Gasteiger partial charge is 0.303 e. The molecule has 0 radical (unpaired) electrons. The van der Waals surface area contributed by atoms with Gasteiger partial charge in [-0.15, -0.1) is 0 Å². The van der Waals surface area contributed by atoms with Crippen molar-refractivity contribution in [1.29, 1.82) is 0 Å². The summed E-state index contributed by atoms with van der Waals surface area (Å²) >= 11 is 0. The number of aryl methyl sites for hydroxylation is 1. The third kappa shape index (κ3) is 4.27. The molecular weight excluding hydrogens is 398 g/mol. The van der Waals surface area contributed by atoms with Crippen LogP contribution in [0.5, 0.6) is 11.5 Å². The van der Waals surface area contributed by atoms with Gasteiger partial charge in [0.25, 0.3) is 0 Å². The van der Waals surface area contributed by atoms with Crippen LogP contribution >= 0.6 is 0 Å². The molecule has 1 heterocycles. The fourth-order valence-electron chi connectivity index (χ4n) is 3.62. The van der Waals surface area contributed by atoms with Crippen molar-refractivity contribution >= 4 is 0 Å². The Bertz CT molecular complexity index is 867. The molecule has 3 rings (SSSR count). The molecule has 0 bridgehead atoms. The number of phenols is 1. The van der Waals surface area contributed by atoms with E-state index in [0.29, 0.717) is 13.0 Å². The number of halogens is 2. The van der Waals surface area contributed by atoms with Crippen LogP contribution in [-0.2, 0) is 11.2 Å². The average molecular weight is 424 g/mol. The lowest BCUT2D eigenvalue weighted by Gasteiger charge is -2.42. The van der Waals surface area contributed by atoms with Gasteiger partial charge >= 0.3 is 5.92 Å². The van der Waals surface area contributed by atoms with Crippen molar-refractivity contribution in [2.45, 2.75) is 50.6 Å². The molecule has 4 atom stereocenters. The Morgan fingerprint density at radius 2 is 1.80 bits per heavy atom. The summed E-state index contributed by atoms with van der Waals surface area (Å²) < 4.78 is 38.7. The first kappa shape index (κ1) is 22.4. The minimum Gasteiger partial charge on any atom is -0.508 e. The molecule has 1 aliphatic rings. The highest BCUT2D eigenvalue weighted by Crippen LogP contribution is 2.43. The van der Waals surface area contributed by atoms with E-state index in [2.05, 4.69) is 0 Å². The Kier molecular flexibility index (Phi) is 6.62. The molecule has 30 heavy (non-hydrogen) atoms. The number of phenolic OH excluding ortho intramolecular Hbond substituents is 1. The van der Waals surface area contributed by atoms with Gasteiger partial charge in [-0.25, -0.2) is 8.78 Å². The van der Waals surface area contributed by atoms with E-state index in [-0.39, 0.29) is 11.3 Å². The molecule has 1 saturated heterocycles. The summed E-state index contributed by atoms with van der Waals surface area (Å²) in [7, 11) is 0. The maximum atomic E-state index is 14.1. The molecule has 2 aromatic carbocycles. The van der Waals surface area contributed by atoms with E-state index in [0.717, 1.165) is 22.4 Å². The van der Waals surface area contributed by atoms with E-state index in [1.54, 1.807) is 13.0 Å². The van der Waals surface area contributed by atoms with Gasteiger partial charge < -0.3 is 29.9 Å². The molecular formula is C22H26F2O6. The summed E-state index contributed by atoms with van der Waals surface area (Å²) in [6.07, 6.45) is -7.36. The Morgan fingerprint density at radius 3 is 2.40 bits per heavy atom. The quantitative estimate of drug-likeness (QED) is 0.569. The predicted molar refractivity (Wildman–Crippen MR) is 105 cm³/mol. The van der Waals surface area contributed by atoms with Gasteiger partial charge in [-0.05, 0) is 61.2 Å². The lowest BCUT2D eigenvalue weighted by molar-refractivity contribution is -0.296. The molecule has 0 amide bonds. The van der Waals surface area contributed by atoms with E-state index in [1.165, 1.54) is 6.07 Å². The first-order chi connectivity index (χ1) is 14.2. The third-order valence-electron chi connectivity index (χ3n) is 5.35. The second kappa shape index (κ2) is 8.85. The second-order valence-corrected chi connectivity index (χ2v) is 7.43. The normalized spacial score (nSPS) is 25.8. The lowest BCUT2D eigenvalue weighted by atomic mass is 9.88. The molecule has 0 aromatic heterocycles. The molecule has 164 valence electrons. The van der Waals surface area contributed by atoms with Crippen molar-refractivity contribution in [3.63, 3.8) is 0 Å². The highest BCUT2D eigenvalue weighted by atomic mass is 19.3. The van der Waals surface area contributed by atoms with Gasteiger partial charge in [-0.3, -0.25) is 0 Å². The Labute approximate surface area is 173 Å². The van der Waals surface area contributed by atoms with E-state index >= 15 is 0 Å². The van der Waals surface area contributed by atoms with Crippen LogP contribution in [0, 0.1) is 6.92 Å². The number of aliphatic hydroxyl groups excluding tert-OH is 3. The highest BCUT2D eigenvalue weighted by molar-refractivity contribution is 5.45. The molecule has 1 fully saturated rings. The zero-order valence-electron chi connectivity index (χ0n) is 16.8. The summed E-state index contributed by atoms with van der Waals surface area (Å²) in [5, 5.41) is 39.7. The molecule has 1 aliphatic heterocycles. The van der Waals surface area contributed by atoms with Gasteiger partial charge in [-0.1, -0.05) is 12.1 Å². The fraction of sp³-hybridized carbons (Fsp3) is 0.455. The Morgan fingerprint density at radius 1 is 1.13 bits per heavy atom. The standard InChI is InChI=1S/C22H26F2O6/c1-3-29-15-6-4-13(5-7-15)9-14-10-16(17(26)8-12(14)2)20-19(27)21(28)22(23,24)18(11-25)30-20/h4-8,10,18-21,25-28H,3,9,11H2,1-2H3/t18-,19+,20+,21-/m1/s1. The van der Waals surface area contributed by atoms with Crippen molar-refractivity contribution in [1.82, 2.24) is 0 Å². The van der Waals surface area contributed by atoms with Gasteiger partial charge in [-0.2, -0.15) is 0 Å². The predicted octanol–water partition coefficient (Wildman–Crippen LogP) is 2.48. The number of rotatable bonds is 6. The van der Waals surface area contributed by atoms with Crippen LogP contribution in [-0.4, -0.2) is 57.9 Å². The maximum Gasteiger partial charge on any atom is 0.303 e. The molecule has 0 saturated carbocycles. The van der Waals surface area contributed by atoms with Crippen LogP contribution in [0.2, 0.25) is 0 Å². The van der Waals surface area contributed by atoms with Crippen molar-refractivity contribution in [2.75, 3.05) is 13.2 Å². The van der Waals surface area contributed by atoms with Crippen LogP contribution in [0.1, 0.15) is 35.3 Å². The number of ether oxygens (including phenoxy) is 2. The van der Waals surface area contributed by atoms with Crippen LogP contribution in [0.4, 0.5) is 8.78 Å². The van der Waals surface area contributed by atoms with Gasteiger partial charge in [0, 0.05) is 5.56 Å². The fourth-order valence-corrected chi connectivity index (χ4v) is 3.62. The number of hydrogen-bond acceptors (Lipinski definition) is 6. The summed E-state index contributed by atoms with van der Waals surface area (Å²) in [4.78, 5) is 0. The molecule has 6 nitrogen and oxygen atoms in total. The van der Waals surface area contributed by atoms with Crippen LogP contribution < -0.4 is 4.74 Å². The zero-order chi connectivity index (χ0) is 22.1. The number of benzene rings is 2. The van der Waals surface area contributed by atoms with Crippen molar-refractivity contribution < 1.29 is 38.7 Å². The summed E-state index contributed by atoms with van der Waals surface area (Å²) in [6.45, 7) is 3.21. The van der Waals surface area contributed by atoms with Crippen LogP contribution in [0.25, 0.3) is 0 Å². The molecule has 0 spiro atoms. The van der Waals surface area contributed by atoms with Gasteiger partial charge in [0.05, 0.1) is 13.2 Å². The summed E-state index contributed by atoms with van der Waals surface area (Å²) in [5.41, 5.74) is 2.58. The van der Waals surface area contributed by atoms with E-state index in [1.807, 2.05) is 31.2 Å². The zero-order valence-corrected chi connectivity index (χ0v) is 16.8. The first-order valence-electron chi connectivity index (χ1n) is 9.73. The van der Waals surface area contributed by atoms with Gasteiger partial charge in [0.15, 0.2) is 0 Å². The SMILES string of the molecule is CCOc1ccc(Cc2cc([C@@H]3O[C@H](CO)C(F)(F)[C@H](O)[C@H]3O)c(O)cc2C)cc1. The minimum absolute atomic E-state index is 0.0713. The maximum absolute atomic E-state index is 14.1. The molecule has 2 aromatic rings. The molecule has 4 N–H and O–H groups in total. The summed E-state index contributed by atoms with van der Waals surface area (Å²) in [5.74, 6) is -3.33. The largest absolute Gasteiger partial charge is 0.508 e. The van der Waals surface area contributed by atoms with E-state index in [4.69, 9.17) is 9.47 Å². The molecule has 0 aliphatic carbocycles. The number of aromatic hydroxyl groups is 1. The third-order valence-corrected chi connectivity index (χ3v) is 5.35. The Hall–Kier alpha value is -2.26. The van der Waals surface area contributed by atoms with E-state index in [9.17, 15) is 29.2 Å². The molecule has 8 heteroatoms. The van der Waals surface area contributed by atoms with Crippen LogP contribution in [0.15, 0.2) is 36.4 Å².